The summed E-state index contributed by atoms with van der Waals surface area (Å²) in [5.74, 6) is 0.787. The summed E-state index contributed by atoms with van der Waals surface area (Å²) in [5.41, 5.74) is 0.113. The Labute approximate surface area is 145 Å². The molecule has 0 bridgehead atoms. The number of hydrogen-bond donors (Lipinski definition) is 1. The summed E-state index contributed by atoms with van der Waals surface area (Å²) in [6, 6.07) is 7.55. The molecular formula is C19H30N2O3. The van der Waals surface area contributed by atoms with E-state index in [1.54, 1.807) is 7.11 Å². The zero-order valence-corrected chi connectivity index (χ0v) is 15.1. The number of methoxy groups -OCH3 is 1. The lowest BCUT2D eigenvalue weighted by molar-refractivity contribution is -0.141. The topological polar surface area (TPSA) is 50.8 Å². The van der Waals surface area contributed by atoms with Crippen LogP contribution in [0, 0.1) is 0 Å². The predicted molar refractivity (Wildman–Crippen MR) is 96.6 cm³/mol. The van der Waals surface area contributed by atoms with Gasteiger partial charge < -0.3 is 19.7 Å². The average molecular weight is 334 g/mol. The van der Waals surface area contributed by atoms with Crippen molar-refractivity contribution in [1.29, 1.82) is 0 Å². The van der Waals surface area contributed by atoms with Crippen LogP contribution >= 0.6 is 0 Å². The Morgan fingerprint density at radius 3 is 2.42 bits per heavy atom. The Morgan fingerprint density at radius 1 is 1.17 bits per heavy atom. The molecule has 1 fully saturated rings. The minimum absolute atomic E-state index is 0.0376. The predicted octanol–water partition coefficient (Wildman–Crippen LogP) is 3.30. The second-order valence-electron chi connectivity index (χ2n) is 6.74. The molecule has 134 valence electrons. The van der Waals surface area contributed by atoms with Gasteiger partial charge in [0.25, 0.3) is 5.91 Å². The van der Waals surface area contributed by atoms with Gasteiger partial charge in [0.15, 0.2) is 0 Å². The lowest BCUT2D eigenvalue weighted by Crippen LogP contribution is -2.46. The molecule has 0 unspecified atom stereocenters. The molecule has 0 heterocycles. The van der Waals surface area contributed by atoms with Crippen LogP contribution in [0.15, 0.2) is 24.3 Å². The number of benzene rings is 1. The number of amides is 1. The number of carbonyl (C=O) groups excluding carboxylic acids is 1. The van der Waals surface area contributed by atoms with Crippen molar-refractivity contribution >= 4 is 11.6 Å². The first kappa shape index (κ1) is 18.7. The smallest absolute Gasteiger partial charge is 0.256 e. The highest BCUT2D eigenvalue weighted by Gasteiger charge is 2.39. The molecule has 0 spiro atoms. The van der Waals surface area contributed by atoms with Crippen LogP contribution in [0.2, 0.25) is 0 Å². The van der Waals surface area contributed by atoms with Crippen LogP contribution in [0.5, 0.6) is 5.75 Å². The van der Waals surface area contributed by atoms with E-state index in [0.717, 1.165) is 50.1 Å². The zero-order chi connectivity index (χ0) is 17.4. The van der Waals surface area contributed by atoms with Gasteiger partial charge in [0.2, 0.25) is 0 Å². The van der Waals surface area contributed by atoms with E-state index in [4.69, 9.17) is 9.47 Å². The molecule has 5 heteroatoms. The normalized spacial score (nSPS) is 16.8. The third-order valence-corrected chi connectivity index (χ3v) is 4.60. The number of nitrogens with one attached hydrogen (secondary N) is 1. The van der Waals surface area contributed by atoms with Gasteiger partial charge in [-0.15, -0.1) is 0 Å². The van der Waals surface area contributed by atoms with E-state index < -0.39 is 5.60 Å². The maximum Gasteiger partial charge on any atom is 0.256 e. The SMILES string of the molecule is COC1(C(=O)Nc2ccc(OCCCN(C)C)cc2)CCCCC1. The van der Waals surface area contributed by atoms with Crippen LogP contribution in [0.3, 0.4) is 0 Å². The van der Waals surface area contributed by atoms with Gasteiger partial charge in [-0.2, -0.15) is 0 Å². The summed E-state index contributed by atoms with van der Waals surface area (Å²) in [4.78, 5) is 14.7. The van der Waals surface area contributed by atoms with E-state index in [1.165, 1.54) is 6.42 Å². The Hall–Kier alpha value is -1.59. The Kier molecular flexibility index (Phi) is 7.06. The van der Waals surface area contributed by atoms with Crippen LogP contribution in [-0.4, -0.2) is 50.8 Å². The summed E-state index contributed by atoms with van der Waals surface area (Å²) >= 11 is 0. The van der Waals surface area contributed by atoms with Crippen LogP contribution in [0.1, 0.15) is 38.5 Å². The van der Waals surface area contributed by atoms with Crippen molar-refractivity contribution in [2.75, 3.05) is 39.7 Å². The number of nitrogens with zero attached hydrogens (tertiary/aromatic N) is 1. The molecule has 0 aromatic heterocycles. The molecule has 1 N–H and O–H groups in total. The van der Waals surface area contributed by atoms with Gasteiger partial charge in [-0.3, -0.25) is 4.79 Å². The molecule has 1 amide bonds. The number of rotatable bonds is 8. The maximum atomic E-state index is 12.6. The molecule has 0 radical (unpaired) electrons. The minimum Gasteiger partial charge on any atom is -0.494 e. The second kappa shape index (κ2) is 9.04. The van der Waals surface area contributed by atoms with E-state index in [0.29, 0.717) is 6.61 Å². The summed E-state index contributed by atoms with van der Waals surface area (Å²) in [6.45, 7) is 1.70. The molecule has 5 nitrogen and oxygen atoms in total. The molecule has 1 aromatic rings. The average Bonchev–Trinajstić information content (AvgIpc) is 2.60. The van der Waals surface area contributed by atoms with Gasteiger partial charge in [0.05, 0.1) is 6.61 Å². The van der Waals surface area contributed by atoms with E-state index in [2.05, 4.69) is 24.3 Å². The van der Waals surface area contributed by atoms with Crippen molar-refractivity contribution in [3.63, 3.8) is 0 Å². The van der Waals surface area contributed by atoms with E-state index >= 15 is 0 Å². The maximum absolute atomic E-state index is 12.6. The molecule has 1 saturated carbocycles. The third kappa shape index (κ3) is 5.21. The largest absolute Gasteiger partial charge is 0.494 e. The van der Waals surface area contributed by atoms with Crippen molar-refractivity contribution in [3.8, 4) is 5.75 Å². The van der Waals surface area contributed by atoms with Gasteiger partial charge in [0, 0.05) is 19.3 Å². The van der Waals surface area contributed by atoms with Gasteiger partial charge in [-0.1, -0.05) is 19.3 Å². The standard InChI is InChI=1S/C19H30N2O3/c1-21(2)14-7-15-24-17-10-8-16(9-11-17)20-18(22)19(23-3)12-5-4-6-13-19/h8-11H,4-7,12-15H2,1-3H3,(H,20,22). The molecule has 2 rings (SSSR count). The molecule has 1 aromatic carbocycles. The Bertz CT molecular complexity index is 508. The first-order valence-electron chi connectivity index (χ1n) is 8.80. The lowest BCUT2D eigenvalue weighted by atomic mass is 9.84. The molecule has 1 aliphatic carbocycles. The highest BCUT2D eigenvalue weighted by molar-refractivity contribution is 5.97. The Morgan fingerprint density at radius 2 is 1.83 bits per heavy atom. The fraction of sp³-hybridized carbons (Fsp3) is 0.632. The molecule has 0 aliphatic heterocycles. The van der Waals surface area contributed by atoms with E-state index in [1.807, 2.05) is 24.3 Å². The summed E-state index contributed by atoms with van der Waals surface area (Å²) in [5, 5.41) is 2.99. The first-order valence-corrected chi connectivity index (χ1v) is 8.80. The summed E-state index contributed by atoms with van der Waals surface area (Å²) in [7, 11) is 5.74. The number of carbonyl (C=O) groups is 1. The van der Waals surface area contributed by atoms with Crippen molar-refractivity contribution in [3.05, 3.63) is 24.3 Å². The van der Waals surface area contributed by atoms with Gasteiger partial charge >= 0.3 is 0 Å². The van der Waals surface area contributed by atoms with E-state index in [-0.39, 0.29) is 5.91 Å². The van der Waals surface area contributed by atoms with Gasteiger partial charge in [-0.25, -0.2) is 0 Å². The Balaban J connectivity index is 1.85. The van der Waals surface area contributed by atoms with Gasteiger partial charge in [-0.05, 0) is 57.6 Å². The fourth-order valence-electron chi connectivity index (χ4n) is 3.10. The van der Waals surface area contributed by atoms with Crippen LogP contribution < -0.4 is 10.1 Å². The second-order valence-corrected chi connectivity index (χ2v) is 6.74. The van der Waals surface area contributed by atoms with Crippen molar-refractivity contribution < 1.29 is 14.3 Å². The molecule has 1 aliphatic rings. The molecular weight excluding hydrogens is 304 g/mol. The number of hydrogen-bond acceptors (Lipinski definition) is 4. The monoisotopic (exact) mass is 334 g/mol. The summed E-state index contributed by atoms with van der Waals surface area (Å²) < 4.78 is 11.3. The number of ether oxygens (including phenoxy) is 2. The quantitative estimate of drug-likeness (QED) is 0.741. The van der Waals surface area contributed by atoms with Crippen molar-refractivity contribution in [1.82, 2.24) is 4.90 Å². The van der Waals surface area contributed by atoms with E-state index in [9.17, 15) is 4.79 Å². The molecule has 0 saturated heterocycles. The third-order valence-electron chi connectivity index (χ3n) is 4.60. The van der Waals surface area contributed by atoms with Crippen molar-refractivity contribution in [2.24, 2.45) is 0 Å². The van der Waals surface area contributed by atoms with Crippen LogP contribution in [-0.2, 0) is 9.53 Å². The lowest BCUT2D eigenvalue weighted by Gasteiger charge is -2.34. The van der Waals surface area contributed by atoms with Gasteiger partial charge in [0.1, 0.15) is 11.4 Å². The molecule has 24 heavy (non-hydrogen) atoms. The van der Waals surface area contributed by atoms with Crippen LogP contribution in [0.4, 0.5) is 5.69 Å². The molecule has 0 atom stereocenters. The van der Waals surface area contributed by atoms with Crippen molar-refractivity contribution in [2.45, 2.75) is 44.1 Å². The first-order chi connectivity index (χ1) is 11.6. The fourth-order valence-corrected chi connectivity index (χ4v) is 3.10. The number of anilines is 1. The zero-order valence-electron chi connectivity index (χ0n) is 15.1. The highest BCUT2D eigenvalue weighted by Crippen LogP contribution is 2.32. The minimum atomic E-state index is -0.667. The summed E-state index contributed by atoms with van der Waals surface area (Å²) in [6.07, 6.45) is 5.84. The van der Waals surface area contributed by atoms with Crippen LogP contribution in [0.25, 0.3) is 0 Å². The highest BCUT2D eigenvalue weighted by atomic mass is 16.5.